The average molecular weight is 352 g/mol. The van der Waals surface area contributed by atoms with Gasteiger partial charge in [0.15, 0.2) is 5.11 Å². The third-order valence-electron chi connectivity index (χ3n) is 3.54. The van der Waals surface area contributed by atoms with Crippen LogP contribution < -0.4 is 10.6 Å². The van der Waals surface area contributed by atoms with Gasteiger partial charge in [-0.2, -0.15) is 5.10 Å². The predicted octanol–water partition coefficient (Wildman–Crippen LogP) is 2.85. The third-order valence-corrected chi connectivity index (χ3v) is 4.91. The molecule has 0 aliphatic rings. The molecule has 0 spiro atoms. The van der Waals surface area contributed by atoms with Crippen molar-refractivity contribution in [2.45, 2.75) is 33.9 Å². The summed E-state index contributed by atoms with van der Waals surface area (Å²) in [5.41, 5.74) is 2.50. The molecule has 0 atom stereocenters. The molecule has 0 aliphatic heterocycles. The van der Waals surface area contributed by atoms with Crippen LogP contribution >= 0.6 is 23.6 Å². The molecule has 0 aliphatic carbocycles. The molecule has 8 heteroatoms. The highest BCUT2D eigenvalue weighted by Gasteiger charge is 2.20. The van der Waals surface area contributed by atoms with E-state index >= 15 is 0 Å². The number of methoxy groups -OCH3 is 1. The minimum atomic E-state index is -0.360. The number of ether oxygens (including phenoxy) is 1. The Morgan fingerprint density at radius 2 is 2.22 bits per heavy atom. The first kappa shape index (κ1) is 17.4. The van der Waals surface area contributed by atoms with Crippen molar-refractivity contribution in [1.29, 1.82) is 0 Å². The van der Waals surface area contributed by atoms with Crippen LogP contribution in [0.1, 0.15) is 33.4 Å². The summed E-state index contributed by atoms with van der Waals surface area (Å²) in [5.74, 6) is -0.360. The Balaban J connectivity index is 2.06. The Labute approximate surface area is 144 Å². The minimum absolute atomic E-state index is 0.360. The summed E-state index contributed by atoms with van der Waals surface area (Å²) in [6.07, 6.45) is 1.76. The van der Waals surface area contributed by atoms with Gasteiger partial charge in [-0.1, -0.05) is 0 Å². The third kappa shape index (κ3) is 3.89. The molecule has 2 N–H and O–H groups in total. The van der Waals surface area contributed by atoms with E-state index in [-0.39, 0.29) is 5.97 Å². The lowest BCUT2D eigenvalue weighted by molar-refractivity contribution is 0.0601. The van der Waals surface area contributed by atoms with Crippen molar-refractivity contribution in [2.24, 2.45) is 0 Å². The van der Waals surface area contributed by atoms with Gasteiger partial charge in [-0.3, -0.25) is 4.68 Å². The number of carbonyl (C=O) groups is 1. The number of aryl methyl sites for hydroxylation is 2. The molecular weight excluding hydrogens is 332 g/mol. The van der Waals surface area contributed by atoms with Crippen LogP contribution in [0.4, 0.5) is 5.00 Å². The van der Waals surface area contributed by atoms with Crippen LogP contribution in [-0.4, -0.2) is 28.0 Å². The number of hydrogen-bond acceptors (Lipinski definition) is 5. The lowest BCUT2D eigenvalue weighted by Gasteiger charge is -2.11. The molecule has 2 rings (SSSR count). The second-order valence-electron chi connectivity index (χ2n) is 4.92. The van der Waals surface area contributed by atoms with E-state index in [0.717, 1.165) is 22.7 Å². The summed E-state index contributed by atoms with van der Waals surface area (Å²) >= 11 is 6.81. The molecule has 0 unspecified atom stereocenters. The second kappa shape index (κ2) is 7.56. The van der Waals surface area contributed by atoms with Gasteiger partial charge in [-0.05, 0) is 44.6 Å². The number of esters is 1. The van der Waals surface area contributed by atoms with E-state index in [1.807, 2.05) is 31.5 Å². The average Bonchev–Trinajstić information content (AvgIpc) is 3.09. The number of hydrogen-bond donors (Lipinski definition) is 2. The van der Waals surface area contributed by atoms with Crippen LogP contribution in [0.25, 0.3) is 0 Å². The van der Waals surface area contributed by atoms with Gasteiger partial charge in [0.25, 0.3) is 0 Å². The Morgan fingerprint density at radius 3 is 2.87 bits per heavy atom. The molecule has 0 saturated heterocycles. The summed E-state index contributed by atoms with van der Waals surface area (Å²) < 4.78 is 6.75. The highest BCUT2D eigenvalue weighted by Crippen LogP contribution is 2.32. The topological polar surface area (TPSA) is 68.2 Å². The van der Waals surface area contributed by atoms with Crippen LogP contribution in [0.15, 0.2) is 12.3 Å². The van der Waals surface area contributed by atoms with Crippen LogP contribution in [-0.2, 0) is 17.8 Å². The summed E-state index contributed by atoms with van der Waals surface area (Å²) in [5, 5.41) is 11.6. The Kier molecular flexibility index (Phi) is 5.73. The summed E-state index contributed by atoms with van der Waals surface area (Å²) in [4.78, 5) is 13.0. The lowest BCUT2D eigenvalue weighted by Crippen LogP contribution is -2.29. The molecule has 0 fully saturated rings. The SMILES string of the molecule is CCn1nccc1CNC(=S)Nc1sc(C)c(C)c1C(=O)OC. The Bertz CT molecular complexity index is 721. The number of carbonyl (C=O) groups excluding carboxylic acids is 1. The van der Waals surface area contributed by atoms with Crippen LogP contribution in [0.5, 0.6) is 0 Å². The summed E-state index contributed by atoms with van der Waals surface area (Å²) in [7, 11) is 1.38. The molecule has 6 nitrogen and oxygen atoms in total. The first-order chi connectivity index (χ1) is 11.0. The zero-order valence-electron chi connectivity index (χ0n) is 13.6. The zero-order chi connectivity index (χ0) is 17.0. The highest BCUT2D eigenvalue weighted by molar-refractivity contribution is 7.80. The van der Waals surface area contributed by atoms with Crippen LogP contribution in [0.3, 0.4) is 0 Å². The second-order valence-corrected chi connectivity index (χ2v) is 6.56. The maximum absolute atomic E-state index is 11.9. The molecule has 2 heterocycles. The maximum Gasteiger partial charge on any atom is 0.341 e. The number of thiocarbonyl (C=S) groups is 1. The molecule has 2 aromatic heterocycles. The number of aromatic nitrogens is 2. The molecule has 0 saturated carbocycles. The first-order valence-corrected chi connectivity index (χ1v) is 8.44. The van der Waals surface area contributed by atoms with E-state index in [4.69, 9.17) is 17.0 Å². The van der Waals surface area contributed by atoms with Gasteiger partial charge in [0, 0.05) is 17.6 Å². The lowest BCUT2D eigenvalue weighted by atomic mass is 10.1. The number of rotatable bonds is 5. The summed E-state index contributed by atoms with van der Waals surface area (Å²) in [6, 6.07) is 1.94. The van der Waals surface area contributed by atoms with Gasteiger partial charge < -0.3 is 15.4 Å². The van der Waals surface area contributed by atoms with E-state index in [9.17, 15) is 4.79 Å². The van der Waals surface area contributed by atoms with Crippen molar-refractivity contribution < 1.29 is 9.53 Å². The van der Waals surface area contributed by atoms with Crippen LogP contribution in [0.2, 0.25) is 0 Å². The van der Waals surface area contributed by atoms with E-state index in [1.165, 1.54) is 18.4 Å². The minimum Gasteiger partial charge on any atom is -0.465 e. The van der Waals surface area contributed by atoms with Gasteiger partial charge >= 0.3 is 5.97 Å². The molecule has 0 radical (unpaired) electrons. The number of thiophene rings is 1. The largest absolute Gasteiger partial charge is 0.465 e. The molecule has 0 bridgehead atoms. The molecule has 23 heavy (non-hydrogen) atoms. The summed E-state index contributed by atoms with van der Waals surface area (Å²) in [6.45, 7) is 7.27. The van der Waals surface area contributed by atoms with Gasteiger partial charge in [-0.25, -0.2) is 4.79 Å². The van der Waals surface area contributed by atoms with Gasteiger partial charge in [-0.15, -0.1) is 11.3 Å². The van der Waals surface area contributed by atoms with Crippen molar-refractivity contribution in [3.8, 4) is 0 Å². The normalized spacial score (nSPS) is 10.4. The number of nitrogens with one attached hydrogen (secondary N) is 2. The van der Waals surface area contributed by atoms with Gasteiger partial charge in [0.05, 0.1) is 24.9 Å². The van der Waals surface area contributed by atoms with Crippen molar-refractivity contribution in [2.75, 3.05) is 12.4 Å². The number of nitrogens with zero attached hydrogens (tertiary/aromatic N) is 2. The quantitative estimate of drug-likeness (QED) is 0.637. The van der Waals surface area contributed by atoms with E-state index in [1.54, 1.807) is 6.20 Å². The fourth-order valence-corrected chi connectivity index (χ4v) is 3.47. The fourth-order valence-electron chi connectivity index (χ4n) is 2.18. The Morgan fingerprint density at radius 1 is 1.48 bits per heavy atom. The highest BCUT2D eigenvalue weighted by atomic mass is 32.1. The van der Waals surface area contributed by atoms with Crippen molar-refractivity contribution in [3.05, 3.63) is 34.0 Å². The van der Waals surface area contributed by atoms with Crippen LogP contribution in [0, 0.1) is 13.8 Å². The molecule has 0 amide bonds. The van der Waals surface area contributed by atoms with Crippen molar-refractivity contribution in [1.82, 2.24) is 15.1 Å². The Hall–Kier alpha value is -1.93. The standard InChI is InChI=1S/C15H20N4O2S2/c1-5-19-11(6-7-17-19)8-16-15(22)18-13-12(14(20)21-4)9(2)10(3)23-13/h6-7H,5,8H2,1-4H3,(H2,16,18,22). The monoisotopic (exact) mass is 352 g/mol. The number of anilines is 1. The molecule has 2 aromatic rings. The molecule has 124 valence electrons. The predicted molar refractivity (Wildman–Crippen MR) is 96.1 cm³/mol. The van der Waals surface area contributed by atoms with Crippen molar-refractivity contribution >= 4 is 39.6 Å². The maximum atomic E-state index is 11.9. The molecular formula is C15H20N4O2S2. The zero-order valence-corrected chi connectivity index (χ0v) is 15.2. The fraction of sp³-hybridized carbons (Fsp3) is 0.400. The van der Waals surface area contributed by atoms with E-state index in [0.29, 0.717) is 22.2 Å². The van der Waals surface area contributed by atoms with E-state index in [2.05, 4.69) is 15.7 Å². The van der Waals surface area contributed by atoms with Gasteiger partial charge in [0.2, 0.25) is 0 Å². The van der Waals surface area contributed by atoms with Gasteiger partial charge in [0.1, 0.15) is 5.00 Å². The first-order valence-electron chi connectivity index (χ1n) is 7.21. The molecule has 0 aromatic carbocycles. The van der Waals surface area contributed by atoms with E-state index < -0.39 is 0 Å². The smallest absolute Gasteiger partial charge is 0.341 e. The van der Waals surface area contributed by atoms with Crippen molar-refractivity contribution in [3.63, 3.8) is 0 Å².